The molecule has 0 heterocycles. The van der Waals surface area contributed by atoms with E-state index in [1.165, 1.54) is 13.2 Å². The van der Waals surface area contributed by atoms with Crippen molar-refractivity contribution in [3.63, 3.8) is 0 Å². The van der Waals surface area contributed by atoms with Gasteiger partial charge in [0.1, 0.15) is 11.6 Å². The number of rotatable bonds is 6. The van der Waals surface area contributed by atoms with Crippen molar-refractivity contribution in [2.24, 2.45) is 0 Å². The summed E-state index contributed by atoms with van der Waals surface area (Å²) in [6.45, 7) is 0. The van der Waals surface area contributed by atoms with E-state index in [0.717, 1.165) is 21.5 Å². The molecule has 5 rings (SSSR count). The van der Waals surface area contributed by atoms with E-state index in [4.69, 9.17) is 9.47 Å². The van der Waals surface area contributed by atoms with Gasteiger partial charge in [0.15, 0.2) is 11.5 Å². The third kappa shape index (κ3) is 4.95. The molecular weight excluding hydrogens is 476 g/mol. The summed E-state index contributed by atoms with van der Waals surface area (Å²) in [5.41, 5.74) is 1.41. The lowest BCUT2D eigenvalue weighted by Crippen LogP contribution is -2.13. The Morgan fingerprint density at radius 2 is 1.45 bits per heavy atom. The molecule has 5 aromatic rings. The van der Waals surface area contributed by atoms with Crippen molar-refractivity contribution in [3.05, 3.63) is 120 Å². The van der Waals surface area contributed by atoms with Crippen LogP contribution in [-0.2, 0) is 4.79 Å². The van der Waals surface area contributed by atoms with E-state index in [1.54, 1.807) is 36.4 Å². The van der Waals surface area contributed by atoms with Crippen molar-refractivity contribution in [2.75, 3.05) is 12.4 Å². The van der Waals surface area contributed by atoms with Crippen LogP contribution >= 0.6 is 0 Å². The van der Waals surface area contributed by atoms with Crippen LogP contribution in [0.3, 0.4) is 0 Å². The van der Waals surface area contributed by atoms with E-state index >= 15 is 0 Å². The summed E-state index contributed by atoms with van der Waals surface area (Å²) in [6.07, 6.45) is 1.44. The monoisotopic (exact) mass is 498 g/mol. The van der Waals surface area contributed by atoms with Crippen LogP contribution in [-0.4, -0.2) is 19.0 Å². The SMILES string of the molecule is COc1ccc(/C=C(\C#N)C(=O)Nc2cccc3ccccc23)cc1OC(=O)c1cccc2ccccc12. The maximum Gasteiger partial charge on any atom is 0.344 e. The number of methoxy groups -OCH3 is 1. The Hall–Kier alpha value is -5.41. The minimum Gasteiger partial charge on any atom is -0.493 e. The first kappa shape index (κ1) is 24.3. The lowest BCUT2D eigenvalue weighted by atomic mass is 10.0. The molecule has 38 heavy (non-hydrogen) atoms. The fraction of sp³-hybridized carbons (Fsp3) is 0.0312. The van der Waals surface area contributed by atoms with Gasteiger partial charge in [0.05, 0.1) is 12.7 Å². The summed E-state index contributed by atoms with van der Waals surface area (Å²) in [5, 5.41) is 16.1. The first-order chi connectivity index (χ1) is 18.6. The maximum absolute atomic E-state index is 13.1. The Morgan fingerprint density at radius 3 is 2.18 bits per heavy atom. The predicted octanol–water partition coefficient (Wildman–Crippen LogP) is 6.77. The lowest BCUT2D eigenvalue weighted by molar-refractivity contribution is -0.112. The number of amides is 1. The Kier molecular flexibility index (Phi) is 6.83. The molecule has 5 aromatic carbocycles. The molecule has 0 fully saturated rings. The zero-order valence-electron chi connectivity index (χ0n) is 20.5. The molecule has 0 unspecified atom stereocenters. The third-order valence-electron chi connectivity index (χ3n) is 6.11. The number of nitriles is 1. The summed E-state index contributed by atoms with van der Waals surface area (Å²) >= 11 is 0. The molecule has 0 aromatic heterocycles. The van der Waals surface area contributed by atoms with Crippen LogP contribution in [0.15, 0.2) is 109 Å². The number of nitrogens with zero attached hydrogens (tertiary/aromatic N) is 1. The molecular formula is C32H22N2O4. The van der Waals surface area contributed by atoms with Gasteiger partial charge < -0.3 is 14.8 Å². The Balaban J connectivity index is 1.43. The lowest BCUT2D eigenvalue weighted by Gasteiger charge is -2.12. The quantitative estimate of drug-likeness (QED) is 0.121. The Morgan fingerprint density at radius 1 is 0.789 bits per heavy atom. The van der Waals surface area contributed by atoms with Gasteiger partial charge in [-0.05, 0) is 52.1 Å². The first-order valence-corrected chi connectivity index (χ1v) is 11.9. The standard InChI is InChI=1S/C32H22N2O4/c1-37-29-17-16-21(19-30(29)38-32(36)27-14-6-10-22-8-2-4-12-25(22)27)18-24(20-33)31(35)34-28-15-7-11-23-9-3-5-13-26(23)28/h2-19H,1H3,(H,34,35)/b24-18+. The normalized spacial score (nSPS) is 11.1. The van der Waals surface area contributed by atoms with Crippen molar-refractivity contribution >= 4 is 45.2 Å². The largest absolute Gasteiger partial charge is 0.493 e. The highest BCUT2D eigenvalue weighted by Gasteiger charge is 2.17. The van der Waals surface area contributed by atoms with Gasteiger partial charge in [-0.2, -0.15) is 5.26 Å². The van der Waals surface area contributed by atoms with Crippen molar-refractivity contribution in [1.29, 1.82) is 5.26 Å². The Bertz CT molecular complexity index is 1750. The molecule has 0 saturated carbocycles. The summed E-state index contributed by atoms with van der Waals surface area (Å²) < 4.78 is 11.1. The number of nitrogens with one attached hydrogen (secondary N) is 1. The number of carbonyl (C=O) groups is 2. The highest BCUT2D eigenvalue weighted by Crippen LogP contribution is 2.31. The van der Waals surface area contributed by atoms with Crippen LogP contribution in [0.4, 0.5) is 5.69 Å². The number of carbonyl (C=O) groups excluding carboxylic acids is 2. The predicted molar refractivity (Wildman–Crippen MR) is 148 cm³/mol. The maximum atomic E-state index is 13.1. The molecule has 0 aliphatic rings. The highest BCUT2D eigenvalue weighted by atomic mass is 16.6. The van der Waals surface area contributed by atoms with Gasteiger partial charge in [-0.3, -0.25) is 4.79 Å². The molecule has 6 heteroatoms. The second-order valence-electron chi connectivity index (χ2n) is 8.48. The summed E-state index contributed by atoms with van der Waals surface area (Å²) in [7, 11) is 1.47. The topological polar surface area (TPSA) is 88.4 Å². The fourth-order valence-corrected chi connectivity index (χ4v) is 4.26. The first-order valence-electron chi connectivity index (χ1n) is 11.9. The number of hydrogen-bond acceptors (Lipinski definition) is 5. The van der Waals surface area contributed by atoms with Crippen LogP contribution in [0, 0.1) is 11.3 Å². The van der Waals surface area contributed by atoms with Crippen LogP contribution in [0.1, 0.15) is 15.9 Å². The minimum absolute atomic E-state index is 0.102. The molecule has 0 bridgehead atoms. The van der Waals surface area contributed by atoms with Crippen molar-refractivity contribution in [3.8, 4) is 17.6 Å². The average molecular weight is 499 g/mol. The molecule has 0 aliphatic heterocycles. The van der Waals surface area contributed by atoms with Crippen molar-refractivity contribution < 1.29 is 19.1 Å². The number of ether oxygens (including phenoxy) is 2. The minimum atomic E-state index is -0.547. The number of hydrogen-bond donors (Lipinski definition) is 1. The van der Waals surface area contributed by atoms with Gasteiger partial charge in [-0.1, -0.05) is 78.9 Å². The van der Waals surface area contributed by atoms with Crippen molar-refractivity contribution in [2.45, 2.75) is 0 Å². The zero-order chi connectivity index (χ0) is 26.5. The summed E-state index contributed by atoms with van der Waals surface area (Å²) in [4.78, 5) is 26.1. The smallest absolute Gasteiger partial charge is 0.344 e. The zero-order valence-corrected chi connectivity index (χ0v) is 20.5. The molecule has 0 radical (unpaired) electrons. The van der Waals surface area contributed by atoms with Gasteiger partial charge in [-0.25, -0.2) is 4.79 Å². The molecule has 184 valence electrons. The molecule has 0 saturated heterocycles. The average Bonchev–Trinajstić information content (AvgIpc) is 2.95. The van der Waals surface area contributed by atoms with Crippen LogP contribution in [0.2, 0.25) is 0 Å². The van der Waals surface area contributed by atoms with E-state index in [1.807, 2.05) is 72.8 Å². The second kappa shape index (κ2) is 10.7. The van der Waals surface area contributed by atoms with E-state index in [0.29, 0.717) is 22.6 Å². The van der Waals surface area contributed by atoms with Gasteiger partial charge in [0.2, 0.25) is 0 Å². The molecule has 0 spiro atoms. The molecule has 6 nitrogen and oxygen atoms in total. The van der Waals surface area contributed by atoms with E-state index in [-0.39, 0.29) is 11.3 Å². The summed E-state index contributed by atoms with van der Waals surface area (Å²) in [5.74, 6) is -0.579. The summed E-state index contributed by atoms with van der Waals surface area (Å²) in [6, 6.07) is 33.0. The number of fused-ring (bicyclic) bond motifs is 2. The van der Waals surface area contributed by atoms with Gasteiger partial charge in [-0.15, -0.1) is 0 Å². The van der Waals surface area contributed by atoms with Crippen LogP contribution in [0.25, 0.3) is 27.6 Å². The van der Waals surface area contributed by atoms with Gasteiger partial charge in [0.25, 0.3) is 5.91 Å². The van der Waals surface area contributed by atoms with Crippen LogP contribution in [0.5, 0.6) is 11.5 Å². The highest BCUT2D eigenvalue weighted by molar-refractivity contribution is 6.13. The number of esters is 1. The molecule has 0 aliphatic carbocycles. The van der Waals surface area contributed by atoms with E-state index < -0.39 is 11.9 Å². The molecule has 0 atom stereocenters. The third-order valence-corrected chi connectivity index (χ3v) is 6.11. The van der Waals surface area contributed by atoms with Gasteiger partial charge >= 0.3 is 5.97 Å². The number of benzene rings is 5. The number of anilines is 1. The van der Waals surface area contributed by atoms with Gasteiger partial charge in [0, 0.05) is 11.1 Å². The molecule has 1 N–H and O–H groups in total. The van der Waals surface area contributed by atoms with E-state index in [9.17, 15) is 14.9 Å². The fourth-order valence-electron chi connectivity index (χ4n) is 4.26. The van der Waals surface area contributed by atoms with Crippen LogP contribution < -0.4 is 14.8 Å². The van der Waals surface area contributed by atoms with E-state index in [2.05, 4.69) is 5.32 Å². The Labute approximate surface area is 219 Å². The van der Waals surface area contributed by atoms with Crippen molar-refractivity contribution in [1.82, 2.24) is 0 Å². The second-order valence-corrected chi connectivity index (χ2v) is 8.48. The molecule has 1 amide bonds.